The molecule has 0 bridgehead atoms. The molecule has 1 amide bonds. The number of sulfonamides is 1. The summed E-state index contributed by atoms with van der Waals surface area (Å²) in [7, 11) is -2.66. The second kappa shape index (κ2) is 13.6. The Hall–Kier alpha value is -4.93. The fourth-order valence-electron chi connectivity index (χ4n) is 3.26. The van der Waals surface area contributed by atoms with Gasteiger partial charge in [0.2, 0.25) is 12.5 Å². The lowest BCUT2D eigenvalue weighted by atomic mass is 10.3. The molecule has 2 aromatic carbocycles. The first-order chi connectivity index (χ1) is 20.2. The van der Waals surface area contributed by atoms with E-state index in [1.54, 1.807) is 12.1 Å². The molecule has 15 nitrogen and oxygen atoms in total. The third kappa shape index (κ3) is 7.62. The lowest BCUT2D eigenvalue weighted by Gasteiger charge is -2.16. The first kappa shape index (κ1) is 30.0. The van der Waals surface area contributed by atoms with Crippen LogP contribution < -0.4 is 33.7 Å². The number of benzene rings is 2. The average molecular weight is 623 g/mol. The Bertz CT molecular complexity index is 1640. The third-order valence-electron chi connectivity index (χ3n) is 5.11. The standard InChI is InChI=1S/C20H18ClN3O8S.C5H5NO3/c1-28-12-2-4-14(21)16(8-12)32-18-19(22-10-23-20(18)29-7-6-25)24-33(26,27)13-3-5-15-17(9-13)31-11-30-15;7-5(8)6-4-1-2-9-3-4/h2-5,8-10,25H,6-7,11H2,1H3,(H,22,23,24);1-3,6H,(H,7,8). The molecular formula is C25H23ClN4O11S. The van der Waals surface area contributed by atoms with Gasteiger partial charge in [0.1, 0.15) is 30.7 Å². The van der Waals surface area contributed by atoms with E-state index in [2.05, 4.69) is 24.4 Å². The fourth-order valence-corrected chi connectivity index (χ4v) is 4.44. The molecule has 0 spiro atoms. The van der Waals surface area contributed by atoms with E-state index in [1.165, 1.54) is 50.0 Å². The zero-order valence-electron chi connectivity index (χ0n) is 21.6. The summed E-state index contributed by atoms with van der Waals surface area (Å²) in [6, 6.07) is 10.4. The number of aliphatic hydroxyl groups is 1. The summed E-state index contributed by atoms with van der Waals surface area (Å²) in [6.45, 7) is -0.418. The van der Waals surface area contributed by atoms with Crippen LogP contribution in [-0.2, 0) is 10.0 Å². The number of hydrogen-bond acceptors (Lipinski definition) is 12. The predicted molar refractivity (Wildman–Crippen MR) is 146 cm³/mol. The monoisotopic (exact) mass is 622 g/mol. The number of halogens is 1. The van der Waals surface area contributed by atoms with Crippen LogP contribution in [0.5, 0.6) is 34.6 Å². The summed E-state index contributed by atoms with van der Waals surface area (Å²) in [4.78, 5) is 17.8. The molecule has 0 unspecified atom stereocenters. The van der Waals surface area contributed by atoms with E-state index in [4.69, 9.17) is 45.5 Å². The van der Waals surface area contributed by atoms with Crippen LogP contribution >= 0.6 is 11.6 Å². The van der Waals surface area contributed by atoms with Crippen LogP contribution in [0.1, 0.15) is 0 Å². The second-order valence-corrected chi connectivity index (χ2v) is 9.98. The maximum absolute atomic E-state index is 13.0. The summed E-state index contributed by atoms with van der Waals surface area (Å²) >= 11 is 6.23. The van der Waals surface area contributed by atoms with Crippen LogP contribution in [0.15, 0.2) is 70.6 Å². The Morgan fingerprint density at radius 2 is 1.93 bits per heavy atom. The first-order valence-electron chi connectivity index (χ1n) is 11.7. The van der Waals surface area contributed by atoms with Crippen molar-refractivity contribution in [2.24, 2.45) is 0 Å². The number of hydrogen-bond donors (Lipinski definition) is 4. The Morgan fingerprint density at radius 1 is 1.12 bits per heavy atom. The number of anilines is 2. The lowest BCUT2D eigenvalue weighted by molar-refractivity contribution is 0.174. The molecule has 0 radical (unpaired) electrons. The molecule has 0 fully saturated rings. The van der Waals surface area contributed by atoms with E-state index in [1.807, 2.05) is 0 Å². The molecule has 0 saturated heterocycles. The number of methoxy groups -OCH3 is 1. The number of aliphatic hydroxyl groups excluding tert-OH is 1. The van der Waals surface area contributed by atoms with Crippen LogP contribution in [0.25, 0.3) is 0 Å². The van der Waals surface area contributed by atoms with Gasteiger partial charge in [0, 0.05) is 18.2 Å². The van der Waals surface area contributed by atoms with Gasteiger partial charge in [-0.15, -0.1) is 0 Å². The maximum atomic E-state index is 13.0. The highest BCUT2D eigenvalue weighted by Crippen LogP contribution is 2.41. The number of ether oxygens (including phenoxy) is 5. The van der Waals surface area contributed by atoms with Gasteiger partial charge in [0.05, 0.1) is 35.6 Å². The van der Waals surface area contributed by atoms with Crippen molar-refractivity contribution in [3.05, 3.63) is 66.3 Å². The number of nitrogens with zero attached hydrogens (tertiary/aromatic N) is 2. The average Bonchev–Trinajstić information content (AvgIpc) is 3.66. The van der Waals surface area contributed by atoms with Gasteiger partial charge in [0.25, 0.3) is 15.9 Å². The smallest absolute Gasteiger partial charge is 0.409 e. The number of aromatic nitrogens is 2. The van der Waals surface area contributed by atoms with E-state index in [0.717, 1.165) is 6.33 Å². The molecule has 0 atom stereocenters. The second-order valence-electron chi connectivity index (χ2n) is 7.89. The van der Waals surface area contributed by atoms with Crippen molar-refractivity contribution in [3.8, 4) is 34.6 Å². The summed E-state index contributed by atoms with van der Waals surface area (Å²) in [6.07, 6.45) is 2.71. The van der Waals surface area contributed by atoms with Gasteiger partial charge in [-0.3, -0.25) is 10.0 Å². The summed E-state index contributed by atoms with van der Waals surface area (Å²) in [5, 5.41) is 19.6. The van der Waals surface area contributed by atoms with Crippen LogP contribution in [0, 0.1) is 0 Å². The topological polar surface area (TPSA) is 201 Å². The minimum atomic E-state index is -4.13. The molecule has 4 aromatic rings. The van der Waals surface area contributed by atoms with Crippen molar-refractivity contribution < 1.29 is 51.5 Å². The van der Waals surface area contributed by atoms with Crippen LogP contribution in [0.4, 0.5) is 16.3 Å². The van der Waals surface area contributed by atoms with E-state index in [0.29, 0.717) is 22.9 Å². The normalized spacial score (nSPS) is 11.6. The highest BCUT2D eigenvalue weighted by atomic mass is 35.5. The van der Waals surface area contributed by atoms with E-state index < -0.39 is 16.1 Å². The minimum Gasteiger partial charge on any atom is -0.497 e. The van der Waals surface area contributed by atoms with E-state index in [-0.39, 0.29) is 53.1 Å². The molecule has 0 saturated carbocycles. The molecule has 4 N–H and O–H groups in total. The number of carboxylic acid groups (broad SMARTS) is 1. The molecule has 3 heterocycles. The Balaban J connectivity index is 0.000000385. The quantitative estimate of drug-likeness (QED) is 0.196. The predicted octanol–water partition coefficient (Wildman–Crippen LogP) is 4.20. The maximum Gasteiger partial charge on any atom is 0.409 e. The molecule has 222 valence electrons. The van der Waals surface area contributed by atoms with Crippen molar-refractivity contribution in [1.82, 2.24) is 9.97 Å². The van der Waals surface area contributed by atoms with Crippen molar-refractivity contribution in [2.75, 3.05) is 37.2 Å². The largest absolute Gasteiger partial charge is 0.497 e. The Labute approximate surface area is 243 Å². The number of fused-ring (bicyclic) bond motifs is 1. The molecule has 1 aliphatic heterocycles. The molecule has 1 aliphatic rings. The summed E-state index contributed by atoms with van der Waals surface area (Å²) in [5.41, 5.74) is 0.447. The zero-order valence-corrected chi connectivity index (χ0v) is 23.2. The number of carbonyl (C=O) groups is 1. The van der Waals surface area contributed by atoms with Crippen LogP contribution in [0.3, 0.4) is 0 Å². The number of amides is 1. The van der Waals surface area contributed by atoms with Gasteiger partial charge in [-0.1, -0.05) is 11.6 Å². The van der Waals surface area contributed by atoms with Crippen molar-refractivity contribution in [1.29, 1.82) is 0 Å². The van der Waals surface area contributed by atoms with Gasteiger partial charge < -0.3 is 38.3 Å². The zero-order chi connectivity index (χ0) is 30.1. The Kier molecular flexibility index (Phi) is 9.74. The van der Waals surface area contributed by atoms with Crippen molar-refractivity contribution >= 4 is 39.2 Å². The molecule has 2 aromatic heterocycles. The first-order valence-corrected chi connectivity index (χ1v) is 13.6. The minimum absolute atomic E-state index is 0.00299. The molecule has 0 aliphatic carbocycles. The fraction of sp³-hybridized carbons (Fsp3) is 0.160. The SMILES string of the molecule is COc1ccc(Cl)c(Oc2c(NS(=O)(=O)c3ccc4c(c3)OCO4)ncnc2OCCO)c1.O=C(O)Nc1ccoc1. The van der Waals surface area contributed by atoms with Crippen LogP contribution in [-0.4, -0.2) is 61.8 Å². The van der Waals surface area contributed by atoms with Gasteiger partial charge in [-0.25, -0.2) is 18.2 Å². The molecule has 5 rings (SSSR count). The lowest BCUT2D eigenvalue weighted by Crippen LogP contribution is -2.15. The Morgan fingerprint density at radius 3 is 2.64 bits per heavy atom. The van der Waals surface area contributed by atoms with Crippen molar-refractivity contribution in [3.63, 3.8) is 0 Å². The molecular weight excluding hydrogens is 600 g/mol. The van der Waals surface area contributed by atoms with Gasteiger partial charge in [-0.05, 0) is 24.3 Å². The van der Waals surface area contributed by atoms with Gasteiger partial charge in [0.15, 0.2) is 17.3 Å². The van der Waals surface area contributed by atoms with Gasteiger partial charge in [-0.2, -0.15) is 4.98 Å². The summed E-state index contributed by atoms with van der Waals surface area (Å²) < 4.78 is 60.0. The third-order valence-corrected chi connectivity index (χ3v) is 6.76. The number of nitrogens with one attached hydrogen (secondary N) is 2. The van der Waals surface area contributed by atoms with Crippen molar-refractivity contribution in [2.45, 2.75) is 4.90 Å². The highest BCUT2D eigenvalue weighted by Gasteiger charge is 2.25. The molecule has 17 heteroatoms. The van der Waals surface area contributed by atoms with Crippen LogP contribution in [0.2, 0.25) is 5.02 Å². The van der Waals surface area contributed by atoms with Gasteiger partial charge >= 0.3 is 6.09 Å². The number of furan rings is 1. The van der Waals surface area contributed by atoms with E-state index >= 15 is 0 Å². The summed E-state index contributed by atoms with van der Waals surface area (Å²) in [5.74, 6) is 0.843. The number of rotatable bonds is 10. The van der Waals surface area contributed by atoms with E-state index in [9.17, 15) is 13.2 Å². The highest BCUT2D eigenvalue weighted by molar-refractivity contribution is 7.92. The molecule has 42 heavy (non-hydrogen) atoms.